The highest BCUT2D eigenvalue weighted by molar-refractivity contribution is 5.94. The molecule has 1 aliphatic rings. The molecule has 22 heavy (non-hydrogen) atoms. The van der Waals surface area contributed by atoms with Crippen LogP contribution in [0.3, 0.4) is 0 Å². The second-order valence-electron chi connectivity index (χ2n) is 5.42. The lowest BCUT2D eigenvalue weighted by molar-refractivity contribution is 0.0176. The maximum atomic E-state index is 12.2. The lowest BCUT2D eigenvalue weighted by Gasteiger charge is -2.39. The van der Waals surface area contributed by atoms with Gasteiger partial charge < -0.3 is 14.2 Å². The van der Waals surface area contributed by atoms with Crippen LogP contribution in [-0.4, -0.2) is 39.6 Å². The summed E-state index contributed by atoms with van der Waals surface area (Å²) in [6, 6.07) is 6.69. The molecule has 0 unspecified atom stereocenters. The Morgan fingerprint density at radius 1 is 1.27 bits per heavy atom. The second-order valence-corrected chi connectivity index (χ2v) is 5.42. The Kier molecular flexibility index (Phi) is 3.66. The molecule has 2 aromatic heterocycles. The number of pyridine rings is 2. The Balaban J connectivity index is 1.60. The molecule has 3 heterocycles. The van der Waals surface area contributed by atoms with Gasteiger partial charge in [0.2, 0.25) is 0 Å². The molecular formula is C16H17N3O3. The van der Waals surface area contributed by atoms with Crippen LogP contribution in [0.2, 0.25) is 0 Å². The van der Waals surface area contributed by atoms with Gasteiger partial charge in [-0.05, 0) is 25.1 Å². The van der Waals surface area contributed by atoms with E-state index in [-0.39, 0.29) is 17.6 Å². The Morgan fingerprint density at radius 3 is 2.59 bits per heavy atom. The predicted octanol–water partition coefficient (Wildman–Crippen LogP) is 0.992. The molecule has 2 aromatic rings. The Morgan fingerprint density at radius 2 is 1.95 bits per heavy atom. The number of carbonyl (C=O) groups excluding carboxylic acids is 1. The molecule has 114 valence electrons. The van der Waals surface area contributed by atoms with E-state index >= 15 is 0 Å². The SMILES string of the molecule is Cc1cc(OC2CN(C(=O)c3ccncc3)C2)cc(=O)n1C. The molecule has 0 aromatic carbocycles. The zero-order chi connectivity index (χ0) is 15.7. The van der Waals surface area contributed by atoms with Crippen LogP contribution in [0.1, 0.15) is 16.1 Å². The largest absolute Gasteiger partial charge is 0.486 e. The quantitative estimate of drug-likeness (QED) is 0.848. The average molecular weight is 299 g/mol. The molecular weight excluding hydrogens is 282 g/mol. The molecule has 0 atom stereocenters. The number of likely N-dealkylation sites (tertiary alicyclic amines) is 1. The molecule has 6 nitrogen and oxygen atoms in total. The molecule has 0 bridgehead atoms. The lowest BCUT2D eigenvalue weighted by atomic mass is 10.1. The van der Waals surface area contributed by atoms with Gasteiger partial charge in [0.1, 0.15) is 11.9 Å². The van der Waals surface area contributed by atoms with Crippen LogP contribution in [0, 0.1) is 6.92 Å². The van der Waals surface area contributed by atoms with Gasteiger partial charge in [-0.25, -0.2) is 0 Å². The summed E-state index contributed by atoms with van der Waals surface area (Å²) in [5, 5.41) is 0. The standard InChI is InChI=1S/C16H17N3O3/c1-11-7-13(8-15(20)18(11)2)22-14-9-19(10-14)16(21)12-3-5-17-6-4-12/h3-8,14H,9-10H2,1-2H3. The number of nitrogens with zero attached hydrogens (tertiary/aromatic N) is 3. The smallest absolute Gasteiger partial charge is 0.254 e. The highest BCUT2D eigenvalue weighted by Crippen LogP contribution is 2.19. The zero-order valence-corrected chi connectivity index (χ0v) is 12.5. The van der Waals surface area contributed by atoms with Crippen molar-refractivity contribution < 1.29 is 9.53 Å². The number of hydrogen-bond acceptors (Lipinski definition) is 4. The Bertz CT molecular complexity index is 749. The first-order chi connectivity index (χ1) is 10.5. The van der Waals surface area contributed by atoms with E-state index in [0.717, 1.165) is 5.69 Å². The van der Waals surface area contributed by atoms with Crippen molar-refractivity contribution in [2.24, 2.45) is 7.05 Å². The third-order valence-corrected chi connectivity index (χ3v) is 3.84. The van der Waals surface area contributed by atoms with Crippen molar-refractivity contribution >= 4 is 5.91 Å². The fourth-order valence-corrected chi connectivity index (χ4v) is 2.35. The lowest BCUT2D eigenvalue weighted by Crippen LogP contribution is -2.56. The molecule has 0 saturated carbocycles. The summed E-state index contributed by atoms with van der Waals surface area (Å²) in [4.78, 5) is 29.5. The van der Waals surface area contributed by atoms with E-state index in [1.807, 2.05) is 13.0 Å². The van der Waals surface area contributed by atoms with Gasteiger partial charge in [-0.15, -0.1) is 0 Å². The van der Waals surface area contributed by atoms with Crippen LogP contribution in [0.15, 0.2) is 41.5 Å². The second kappa shape index (κ2) is 5.63. The van der Waals surface area contributed by atoms with E-state index in [1.54, 1.807) is 41.0 Å². The summed E-state index contributed by atoms with van der Waals surface area (Å²) < 4.78 is 7.33. The molecule has 1 amide bonds. The van der Waals surface area contributed by atoms with Crippen molar-refractivity contribution in [2.75, 3.05) is 13.1 Å². The normalized spacial score (nSPS) is 14.5. The summed E-state index contributed by atoms with van der Waals surface area (Å²) in [7, 11) is 1.72. The summed E-state index contributed by atoms with van der Waals surface area (Å²) in [5.41, 5.74) is 1.36. The molecule has 0 radical (unpaired) electrons. The minimum Gasteiger partial charge on any atom is -0.486 e. The van der Waals surface area contributed by atoms with E-state index in [0.29, 0.717) is 24.4 Å². The van der Waals surface area contributed by atoms with Gasteiger partial charge >= 0.3 is 0 Å². The Hall–Kier alpha value is -2.63. The molecule has 0 N–H and O–H groups in total. The minimum absolute atomic E-state index is 0.0255. The number of carbonyl (C=O) groups is 1. The highest BCUT2D eigenvalue weighted by atomic mass is 16.5. The van der Waals surface area contributed by atoms with Crippen LogP contribution >= 0.6 is 0 Å². The van der Waals surface area contributed by atoms with Gasteiger partial charge in [0.15, 0.2) is 0 Å². The maximum absolute atomic E-state index is 12.2. The first kappa shape index (κ1) is 14.3. The van der Waals surface area contributed by atoms with Crippen LogP contribution in [0.4, 0.5) is 0 Å². The number of rotatable bonds is 3. The fraction of sp³-hybridized carbons (Fsp3) is 0.312. The van der Waals surface area contributed by atoms with Crippen LogP contribution in [0.5, 0.6) is 5.75 Å². The number of hydrogen-bond donors (Lipinski definition) is 0. The van der Waals surface area contributed by atoms with E-state index in [4.69, 9.17) is 4.74 Å². The summed E-state index contributed by atoms with van der Waals surface area (Å²) in [6.07, 6.45) is 3.13. The first-order valence-corrected chi connectivity index (χ1v) is 7.08. The molecule has 0 aliphatic carbocycles. The van der Waals surface area contributed by atoms with Gasteiger partial charge in [0.05, 0.1) is 13.1 Å². The monoisotopic (exact) mass is 299 g/mol. The van der Waals surface area contributed by atoms with Gasteiger partial charge in [0.25, 0.3) is 11.5 Å². The molecule has 6 heteroatoms. The maximum Gasteiger partial charge on any atom is 0.254 e. The highest BCUT2D eigenvalue weighted by Gasteiger charge is 2.32. The zero-order valence-electron chi connectivity index (χ0n) is 12.5. The van der Waals surface area contributed by atoms with Crippen LogP contribution in [0.25, 0.3) is 0 Å². The van der Waals surface area contributed by atoms with E-state index in [9.17, 15) is 9.59 Å². The van der Waals surface area contributed by atoms with Gasteiger partial charge in [-0.1, -0.05) is 0 Å². The molecule has 0 spiro atoms. The van der Waals surface area contributed by atoms with Crippen LogP contribution < -0.4 is 10.3 Å². The van der Waals surface area contributed by atoms with Crippen LogP contribution in [-0.2, 0) is 7.05 Å². The van der Waals surface area contributed by atoms with Gasteiger partial charge in [0, 0.05) is 36.8 Å². The van der Waals surface area contributed by atoms with Gasteiger partial charge in [-0.2, -0.15) is 0 Å². The summed E-state index contributed by atoms with van der Waals surface area (Å²) >= 11 is 0. The fourth-order valence-electron chi connectivity index (χ4n) is 2.35. The van der Waals surface area contributed by atoms with E-state index < -0.39 is 0 Å². The van der Waals surface area contributed by atoms with E-state index in [1.165, 1.54) is 6.07 Å². The molecule has 3 rings (SSSR count). The third kappa shape index (κ3) is 2.72. The number of ether oxygens (including phenoxy) is 1. The van der Waals surface area contributed by atoms with E-state index in [2.05, 4.69) is 4.98 Å². The minimum atomic E-state index is -0.0981. The van der Waals surface area contributed by atoms with Crippen molar-refractivity contribution in [3.05, 3.63) is 58.3 Å². The molecule has 1 fully saturated rings. The molecule has 1 saturated heterocycles. The number of aromatic nitrogens is 2. The number of amides is 1. The topological polar surface area (TPSA) is 64.4 Å². The average Bonchev–Trinajstić information content (AvgIpc) is 2.48. The molecule has 1 aliphatic heterocycles. The third-order valence-electron chi connectivity index (χ3n) is 3.84. The predicted molar refractivity (Wildman–Crippen MR) is 81.0 cm³/mol. The summed E-state index contributed by atoms with van der Waals surface area (Å²) in [5.74, 6) is 0.531. The van der Waals surface area contributed by atoms with Crippen molar-refractivity contribution in [3.63, 3.8) is 0 Å². The van der Waals surface area contributed by atoms with Crippen molar-refractivity contribution in [2.45, 2.75) is 13.0 Å². The van der Waals surface area contributed by atoms with Crippen molar-refractivity contribution in [1.82, 2.24) is 14.5 Å². The first-order valence-electron chi connectivity index (χ1n) is 7.08. The van der Waals surface area contributed by atoms with Crippen molar-refractivity contribution in [1.29, 1.82) is 0 Å². The summed E-state index contributed by atoms with van der Waals surface area (Å²) in [6.45, 7) is 2.90. The number of aryl methyl sites for hydroxylation is 1. The Labute approximate surface area is 128 Å². The van der Waals surface area contributed by atoms with Crippen molar-refractivity contribution in [3.8, 4) is 5.75 Å². The van der Waals surface area contributed by atoms with Gasteiger partial charge in [-0.3, -0.25) is 14.6 Å².